The number of likely N-dealkylation sites (N-methyl/N-ethyl adjacent to an activating group) is 1. The zero-order valence-electron chi connectivity index (χ0n) is 11.5. The standard InChI is InChI=1S/C13H29N3/c1-12(10-14)6-5-7-16-9-8-15(4)13(2,3)11-16/h12H,5-11,14H2,1-4H3. The van der Waals surface area contributed by atoms with Crippen LogP contribution in [-0.4, -0.2) is 55.1 Å². The van der Waals surface area contributed by atoms with Crippen molar-refractivity contribution in [2.45, 2.75) is 39.2 Å². The molecule has 3 heteroatoms. The van der Waals surface area contributed by atoms with E-state index in [2.05, 4.69) is 37.6 Å². The fourth-order valence-corrected chi connectivity index (χ4v) is 2.31. The molecule has 0 bridgehead atoms. The highest BCUT2D eigenvalue weighted by molar-refractivity contribution is 4.88. The van der Waals surface area contributed by atoms with E-state index in [4.69, 9.17) is 5.73 Å². The summed E-state index contributed by atoms with van der Waals surface area (Å²) in [7, 11) is 2.23. The van der Waals surface area contributed by atoms with Crippen LogP contribution < -0.4 is 5.73 Å². The summed E-state index contributed by atoms with van der Waals surface area (Å²) in [4.78, 5) is 5.06. The summed E-state index contributed by atoms with van der Waals surface area (Å²) in [5.41, 5.74) is 5.96. The van der Waals surface area contributed by atoms with Crippen LogP contribution in [0.4, 0.5) is 0 Å². The van der Waals surface area contributed by atoms with Gasteiger partial charge < -0.3 is 10.6 Å². The molecule has 0 radical (unpaired) electrons. The van der Waals surface area contributed by atoms with Crippen LogP contribution in [-0.2, 0) is 0 Å². The lowest BCUT2D eigenvalue weighted by Crippen LogP contribution is -2.57. The van der Waals surface area contributed by atoms with Gasteiger partial charge in [0.2, 0.25) is 0 Å². The van der Waals surface area contributed by atoms with Crippen molar-refractivity contribution in [1.82, 2.24) is 9.80 Å². The van der Waals surface area contributed by atoms with Crippen molar-refractivity contribution >= 4 is 0 Å². The van der Waals surface area contributed by atoms with Crippen LogP contribution in [0.5, 0.6) is 0 Å². The van der Waals surface area contributed by atoms with Gasteiger partial charge in [0.15, 0.2) is 0 Å². The molecule has 1 atom stereocenters. The van der Waals surface area contributed by atoms with Crippen LogP contribution in [0.2, 0.25) is 0 Å². The van der Waals surface area contributed by atoms with E-state index in [1.807, 2.05) is 0 Å². The monoisotopic (exact) mass is 227 g/mol. The summed E-state index contributed by atoms with van der Waals surface area (Å²) in [6, 6.07) is 0. The van der Waals surface area contributed by atoms with E-state index >= 15 is 0 Å². The van der Waals surface area contributed by atoms with E-state index in [-0.39, 0.29) is 0 Å². The summed E-state index contributed by atoms with van der Waals surface area (Å²) in [6.45, 7) is 12.6. The minimum atomic E-state index is 0.331. The maximum Gasteiger partial charge on any atom is 0.0277 e. The Morgan fingerprint density at radius 1 is 1.31 bits per heavy atom. The molecule has 1 fully saturated rings. The van der Waals surface area contributed by atoms with Crippen molar-refractivity contribution in [1.29, 1.82) is 0 Å². The number of nitrogens with zero attached hydrogens (tertiary/aromatic N) is 2. The summed E-state index contributed by atoms with van der Waals surface area (Å²) in [6.07, 6.45) is 2.56. The normalized spacial score (nSPS) is 24.6. The van der Waals surface area contributed by atoms with Crippen molar-refractivity contribution < 1.29 is 0 Å². The second-order valence-corrected chi connectivity index (χ2v) is 5.99. The lowest BCUT2D eigenvalue weighted by Gasteiger charge is -2.45. The quantitative estimate of drug-likeness (QED) is 0.770. The summed E-state index contributed by atoms with van der Waals surface area (Å²) < 4.78 is 0. The highest BCUT2D eigenvalue weighted by atomic mass is 15.3. The van der Waals surface area contributed by atoms with Crippen LogP contribution in [0.25, 0.3) is 0 Å². The van der Waals surface area contributed by atoms with Crippen molar-refractivity contribution in [3.8, 4) is 0 Å². The predicted octanol–water partition coefficient (Wildman–Crippen LogP) is 1.39. The Hall–Kier alpha value is -0.120. The van der Waals surface area contributed by atoms with Crippen molar-refractivity contribution in [3.05, 3.63) is 0 Å². The number of rotatable bonds is 5. The van der Waals surface area contributed by atoms with Crippen LogP contribution in [0, 0.1) is 5.92 Å². The predicted molar refractivity (Wildman–Crippen MR) is 70.6 cm³/mol. The molecule has 0 amide bonds. The first-order valence-corrected chi connectivity index (χ1v) is 6.59. The highest BCUT2D eigenvalue weighted by Crippen LogP contribution is 2.19. The van der Waals surface area contributed by atoms with E-state index < -0.39 is 0 Å². The molecule has 0 saturated carbocycles. The van der Waals surface area contributed by atoms with Gasteiger partial charge in [0.1, 0.15) is 0 Å². The minimum absolute atomic E-state index is 0.331. The lowest BCUT2D eigenvalue weighted by molar-refractivity contribution is 0.0389. The largest absolute Gasteiger partial charge is 0.330 e. The van der Waals surface area contributed by atoms with E-state index in [1.165, 1.54) is 39.0 Å². The molecular formula is C13H29N3. The molecule has 0 aromatic rings. The van der Waals surface area contributed by atoms with Gasteiger partial charge in [0, 0.05) is 25.2 Å². The van der Waals surface area contributed by atoms with Gasteiger partial charge in [-0.05, 0) is 52.7 Å². The molecule has 1 aliphatic heterocycles. The molecule has 3 nitrogen and oxygen atoms in total. The Morgan fingerprint density at radius 2 is 2.00 bits per heavy atom. The first kappa shape index (κ1) is 13.9. The lowest BCUT2D eigenvalue weighted by atomic mass is 9.99. The zero-order chi connectivity index (χ0) is 12.2. The van der Waals surface area contributed by atoms with E-state index in [9.17, 15) is 0 Å². The molecule has 16 heavy (non-hydrogen) atoms. The van der Waals surface area contributed by atoms with Gasteiger partial charge >= 0.3 is 0 Å². The first-order valence-electron chi connectivity index (χ1n) is 6.59. The fourth-order valence-electron chi connectivity index (χ4n) is 2.31. The van der Waals surface area contributed by atoms with Gasteiger partial charge in [-0.3, -0.25) is 4.90 Å². The third-order valence-corrected chi connectivity index (χ3v) is 3.97. The van der Waals surface area contributed by atoms with Crippen LogP contribution in [0.1, 0.15) is 33.6 Å². The third kappa shape index (κ3) is 4.04. The Morgan fingerprint density at radius 3 is 2.56 bits per heavy atom. The molecule has 1 saturated heterocycles. The van der Waals surface area contributed by atoms with E-state index in [0.717, 1.165) is 6.54 Å². The van der Waals surface area contributed by atoms with Crippen molar-refractivity contribution in [2.24, 2.45) is 11.7 Å². The van der Waals surface area contributed by atoms with Gasteiger partial charge in [-0.2, -0.15) is 0 Å². The highest BCUT2D eigenvalue weighted by Gasteiger charge is 2.30. The van der Waals surface area contributed by atoms with Crippen molar-refractivity contribution in [2.75, 3.05) is 39.8 Å². The first-order chi connectivity index (χ1) is 7.45. The average molecular weight is 227 g/mol. The molecule has 1 unspecified atom stereocenters. The fraction of sp³-hybridized carbons (Fsp3) is 1.00. The summed E-state index contributed by atoms with van der Waals surface area (Å²) >= 11 is 0. The molecule has 2 N–H and O–H groups in total. The van der Waals surface area contributed by atoms with E-state index in [1.54, 1.807) is 0 Å². The zero-order valence-corrected chi connectivity index (χ0v) is 11.5. The Kier molecular flexibility index (Phi) is 5.22. The minimum Gasteiger partial charge on any atom is -0.330 e. The number of hydrogen-bond donors (Lipinski definition) is 1. The number of nitrogens with two attached hydrogens (primary N) is 1. The average Bonchev–Trinajstić information content (AvgIpc) is 2.22. The molecule has 1 aliphatic rings. The molecular weight excluding hydrogens is 198 g/mol. The number of piperazine rings is 1. The Bertz CT molecular complexity index is 203. The van der Waals surface area contributed by atoms with Gasteiger partial charge in [0.25, 0.3) is 0 Å². The molecule has 0 aromatic heterocycles. The maximum absolute atomic E-state index is 5.63. The van der Waals surface area contributed by atoms with Crippen LogP contribution in [0.15, 0.2) is 0 Å². The van der Waals surface area contributed by atoms with Crippen molar-refractivity contribution in [3.63, 3.8) is 0 Å². The Labute approximate surface area is 101 Å². The van der Waals surface area contributed by atoms with Crippen LogP contribution in [0.3, 0.4) is 0 Å². The van der Waals surface area contributed by atoms with Gasteiger partial charge in [-0.25, -0.2) is 0 Å². The van der Waals surface area contributed by atoms with Gasteiger partial charge in [-0.1, -0.05) is 6.92 Å². The van der Waals surface area contributed by atoms with Gasteiger partial charge in [-0.15, -0.1) is 0 Å². The topological polar surface area (TPSA) is 32.5 Å². The number of hydrogen-bond acceptors (Lipinski definition) is 3. The molecule has 0 aliphatic carbocycles. The maximum atomic E-state index is 5.63. The van der Waals surface area contributed by atoms with Crippen LogP contribution >= 0.6 is 0 Å². The summed E-state index contributed by atoms with van der Waals surface area (Å²) in [5.74, 6) is 0.681. The molecule has 0 aromatic carbocycles. The second-order valence-electron chi connectivity index (χ2n) is 5.99. The molecule has 1 rings (SSSR count). The molecule has 1 heterocycles. The van der Waals surface area contributed by atoms with E-state index in [0.29, 0.717) is 11.5 Å². The SMILES string of the molecule is CC(CN)CCCN1CCN(C)C(C)(C)C1. The summed E-state index contributed by atoms with van der Waals surface area (Å²) in [5, 5.41) is 0. The Balaban J connectivity index is 2.24. The molecule has 0 spiro atoms. The molecule has 96 valence electrons. The third-order valence-electron chi connectivity index (χ3n) is 3.97. The smallest absolute Gasteiger partial charge is 0.0277 e. The second kappa shape index (κ2) is 5.99. The van der Waals surface area contributed by atoms with Gasteiger partial charge in [0.05, 0.1) is 0 Å².